The van der Waals surface area contributed by atoms with Gasteiger partial charge in [-0.1, -0.05) is 38.1 Å². The molecule has 0 saturated carbocycles. The Balaban J connectivity index is 1.93. The second-order valence-electron chi connectivity index (χ2n) is 5.89. The summed E-state index contributed by atoms with van der Waals surface area (Å²) in [5.41, 5.74) is 8.95. The Bertz CT molecular complexity index is 689. The van der Waals surface area contributed by atoms with Gasteiger partial charge in [-0.15, -0.1) is 11.3 Å². The topological polar surface area (TPSA) is 72.2 Å². The van der Waals surface area contributed by atoms with E-state index in [1.165, 1.54) is 23.8 Å². The molecular weight excluding hydrogens is 308 g/mol. The maximum Gasteiger partial charge on any atom is 0.261 e. The van der Waals surface area contributed by atoms with Crippen LogP contribution < -0.4 is 11.1 Å². The maximum atomic E-state index is 12.1. The predicted octanol–water partition coefficient (Wildman–Crippen LogP) is 3.50. The summed E-state index contributed by atoms with van der Waals surface area (Å²) in [5, 5.41) is 4.52. The van der Waals surface area contributed by atoms with Gasteiger partial charge in [0.1, 0.15) is 0 Å². The van der Waals surface area contributed by atoms with Gasteiger partial charge in [0.05, 0.1) is 4.88 Å². The molecule has 0 aliphatic heterocycles. The van der Waals surface area contributed by atoms with E-state index in [0.29, 0.717) is 22.9 Å². The zero-order valence-corrected chi connectivity index (χ0v) is 14.4. The van der Waals surface area contributed by atoms with Crippen LogP contribution in [0.4, 0.5) is 0 Å². The number of rotatable bonds is 6. The minimum Gasteiger partial charge on any atom is -0.349 e. The highest BCUT2D eigenvalue weighted by atomic mass is 32.1. The monoisotopic (exact) mass is 330 g/mol. The van der Waals surface area contributed by atoms with E-state index in [1.807, 2.05) is 12.1 Å². The number of ketones is 1. The number of hydrogen-bond donors (Lipinski definition) is 2. The molecule has 0 aliphatic rings. The third kappa shape index (κ3) is 4.50. The second kappa shape index (κ2) is 7.53. The predicted molar refractivity (Wildman–Crippen MR) is 94.1 cm³/mol. The molecule has 1 atom stereocenters. The van der Waals surface area contributed by atoms with Gasteiger partial charge in [0, 0.05) is 23.5 Å². The minimum absolute atomic E-state index is 0.0396. The van der Waals surface area contributed by atoms with E-state index < -0.39 is 0 Å². The molecule has 1 unspecified atom stereocenters. The Hall–Kier alpha value is -1.98. The van der Waals surface area contributed by atoms with Crippen molar-refractivity contribution in [2.75, 3.05) is 6.54 Å². The fraction of sp³-hybridized carbons (Fsp3) is 0.333. The fourth-order valence-corrected chi connectivity index (χ4v) is 3.04. The lowest BCUT2D eigenvalue weighted by Crippen LogP contribution is -2.31. The highest BCUT2D eigenvalue weighted by molar-refractivity contribution is 7.12. The number of hydrogen-bond acceptors (Lipinski definition) is 4. The normalized spacial score (nSPS) is 12.2. The number of nitrogens with two attached hydrogens (primary N) is 1. The smallest absolute Gasteiger partial charge is 0.261 e. The molecule has 3 N–H and O–H groups in total. The van der Waals surface area contributed by atoms with Crippen LogP contribution in [0.25, 0.3) is 0 Å². The van der Waals surface area contributed by atoms with Crippen molar-refractivity contribution < 1.29 is 9.59 Å². The van der Waals surface area contributed by atoms with Crippen molar-refractivity contribution in [3.05, 3.63) is 57.3 Å². The number of carbonyl (C=O) groups is 2. The molecular formula is C18H22N2O2S. The first-order valence-corrected chi connectivity index (χ1v) is 8.49. The lowest BCUT2D eigenvalue weighted by molar-refractivity contribution is 0.0955. The van der Waals surface area contributed by atoms with E-state index in [-0.39, 0.29) is 17.7 Å². The van der Waals surface area contributed by atoms with Gasteiger partial charge >= 0.3 is 0 Å². The summed E-state index contributed by atoms with van der Waals surface area (Å²) in [5.74, 6) is 0.244. The Kier molecular flexibility index (Phi) is 5.69. The van der Waals surface area contributed by atoms with Crippen LogP contribution in [-0.4, -0.2) is 18.2 Å². The lowest BCUT2D eigenvalue weighted by Gasteiger charge is -2.14. The Labute approximate surface area is 140 Å². The van der Waals surface area contributed by atoms with Crippen LogP contribution in [0.3, 0.4) is 0 Å². The van der Waals surface area contributed by atoms with Gasteiger partial charge < -0.3 is 11.1 Å². The van der Waals surface area contributed by atoms with Crippen LogP contribution >= 0.6 is 11.3 Å². The van der Waals surface area contributed by atoms with Crippen molar-refractivity contribution in [3.8, 4) is 0 Å². The number of benzene rings is 1. The molecule has 0 fully saturated rings. The molecule has 4 nitrogen and oxygen atoms in total. The van der Waals surface area contributed by atoms with Gasteiger partial charge in [0.25, 0.3) is 5.91 Å². The van der Waals surface area contributed by atoms with Crippen LogP contribution in [-0.2, 0) is 0 Å². The summed E-state index contributed by atoms with van der Waals surface area (Å²) < 4.78 is 0. The van der Waals surface area contributed by atoms with Crippen molar-refractivity contribution in [3.63, 3.8) is 0 Å². The lowest BCUT2D eigenvalue weighted by atomic mass is 9.99. The molecule has 2 aromatic rings. The van der Waals surface area contributed by atoms with Crippen LogP contribution in [0.15, 0.2) is 35.7 Å². The first-order valence-electron chi connectivity index (χ1n) is 7.61. The molecule has 0 radical (unpaired) electrons. The van der Waals surface area contributed by atoms with E-state index >= 15 is 0 Å². The summed E-state index contributed by atoms with van der Waals surface area (Å²) in [7, 11) is 0. The second-order valence-corrected chi connectivity index (χ2v) is 6.80. The van der Waals surface area contributed by atoms with Crippen molar-refractivity contribution >= 4 is 23.0 Å². The standard InChI is InChI=1S/C18H22N2O2S/c1-11(2)13-4-6-14(7-5-13)16(19)9-20-18(22)17-8-15(10-23-17)12(3)21/h4-8,10-11,16H,9,19H2,1-3H3,(H,20,22). The SMILES string of the molecule is CC(=O)c1csc(C(=O)NCC(N)c2ccc(C(C)C)cc2)c1. The van der Waals surface area contributed by atoms with Crippen molar-refractivity contribution in [2.45, 2.75) is 32.7 Å². The molecule has 0 saturated heterocycles. The van der Waals surface area contributed by atoms with Crippen molar-refractivity contribution in [1.82, 2.24) is 5.32 Å². The van der Waals surface area contributed by atoms with Crippen molar-refractivity contribution in [2.24, 2.45) is 5.73 Å². The highest BCUT2D eigenvalue weighted by Gasteiger charge is 2.13. The summed E-state index contributed by atoms with van der Waals surface area (Å²) in [4.78, 5) is 23.9. The van der Waals surface area contributed by atoms with Crippen LogP contribution in [0.2, 0.25) is 0 Å². The molecule has 23 heavy (non-hydrogen) atoms. The number of amides is 1. The van der Waals surface area contributed by atoms with Crippen LogP contribution in [0.5, 0.6) is 0 Å². The molecule has 1 aromatic carbocycles. The maximum absolute atomic E-state index is 12.1. The molecule has 0 aliphatic carbocycles. The van der Waals surface area contributed by atoms with E-state index in [1.54, 1.807) is 11.4 Å². The van der Waals surface area contributed by atoms with E-state index in [4.69, 9.17) is 5.73 Å². The molecule has 2 rings (SSSR count). The van der Waals surface area contributed by atoms with E-state index in [2.05, 4.69) is 31.3 Å². The molecule has 122 valence electrons. The van der Waals surface area contributed by atoms with Gasteiger partial charge in [-0.25, -0.2) is 0 Å². The number of carbonyl (C=O) groups excluding carboxylic acids is 2. The first-order chi connectivity index (χ1) is 10.9. The quantitative estimate of drug-likeness (QED) is 0.796. The first kappa shape index (κ1) is 17.4. The van der Waals surface area contributed by atoms with Crippen LogP contribution in [0.1, 0.15) is 63.9 Å². The zero-order chi connectivity index (χ0) is 17.0. The Morgan fingerprint density at radius 1 is 1.17 bits per heavy atom. The fourth-order valence-electron chi connectivity index (χ4n) is 2.18. The summed E-state index contributed by atoms with van der Waals surface area (Å²) in [6, 6.07) is 9.51. The molecule has 1 heterocycles. The van der Waals surface area contributed by atoms with E-state index in [0.717, 1.165) is 5.56 Å². The van der Waals surface area contributed by atoms with Gasteiger partial charge in [-0.2, -0.15) is 0 Å². The average molecular weight is 330 g/mol. The van der Waals surface area contributed by atoms with Gasteiger partial charge in [0.15, 0.2) is 5.78 Å². The van der Waals surface area contributed by atoms with Gasteiger partial charge in [0.2, 0.25) is 0 Å². The zero-order valence-electron chi connectivity index (χ0n) is 13.6. The summed E-state index contributed by atoms with van der Waals surface area (Å²) >= 11 is 1.26. The van der Waals surface area contributed by atoms with Gasteiger partial charge in [-0.05, 0) is 30.0 Å². The van der Waals surface area contributed by atoms with Gasteiger partial charge in [-0.3, -0.25) is 9.59 Å². The molecule has 1 amide bonds. The molecule has 0 bridgehead atoms. The largest absolute Gasteiger partial charge is 0.349 e. The third-order valence-corrected chi connectivity index (χ3v) is 4.67. The number of Topliss-reactive ketones (excluding diaryl/α,β-unsaturated/α-hetero) is 1. The average Bonchev–Trinajstić information content (AvgIpc) is 3.02. The van der Waals surface area contributed by atoms with Crippen LogP contribution in [0, 0.1) is 0 Å². The molecule has 0 spiro atoms. The summed E-state index contributed by atoms with van der Waals surface area (Å²) in [6.45, 7) is 6.13. The van der Waals surface area contributed by atoms with Crippen molar-refractivity contribution in [1.29, 1.82) is 0 Å². The molecule has 1 aromatic heterocycles. The minimum atomic E-state index is -0.257. The van der Waals surface area contributed by atoms with E-state index in [9.17, 15) is 9.59 Å². The number of thiophene rings is 1. The molecule has 5 heteroatoms. The number of nitrogens with one attached hydrogen (secondary N) is 1. The Morgan fingerprint density at radius 3 is 2.30 bits per heavy atom. The Morgan fingerprint density at radius 2 is 1.78 bits per heavy atom. The highest BCUT2D eigenvalue weighted by Crippen LogP contribution is 2.18. The summed E-state index contributed by atoms with van der Waals surface area (Å²) in [6.07, 6.45) is 0. The third-order valence-electron chi connectivity index (χ3n) is 3.74.